The van der Waals surface area contributed by atoms with E-state index in [4.69, 9.17) is 0 Å². The van der Waals surface area contributed by atoms with Gasteiger partial charge in [-0.1, -0.05) is 71.9 Å². The summed E-state index contributed by atoms with van der Waals surface area (Å²) in [5, 5.41) is 0. The molecule has 0 amide bonds. The van der Waals surface area contributed by atoms with E-state index >= 15 is 0 Å². The zero-order chi connectivity index (χ0) is 27.9. The van der Waals surface area contributed by atoms with Crippen LogP contribution < -0.4 is 0 Å². The average Bonchev–Trinajstić information content (AvgIpc) is 2.69. The maximum Gasteiger partial charge on any atom is 0.375 e. The van der Waals surface area contributed by atoms with E-state index in [1.165, 1.54) is 13.0 Å². The third-order valence-electron chi connectivity index (χ3n) is 6.38. The summed E-state index contributed by atoms with van der Waals surface area (Å²) in [5.41, 5.74) is -0.0738. The Kier molecular flexibility index (Phi) is 13.5. The minimum absolute atomic E-state index is 0. The Labute approximate surface area is 251 Å². The topological polar surface area (TPSA) is 0 Å². The third-order valence-corrected chi connectivity index (χ3v) is 6.38. The van der Waals surface area contributed by atoms with Crippen molar-refractivity contribution < 1.29 is 52.2 Å². The van der Waals surface area contributed by atoms with Gasteiger partial charge in [0.1, 0.15) is 0 Å². The molecule has 0 nitrogen and oxygen atoms in total. The van der Waals surface area contributed by atoms with Gasteiger partial charge in [-0.2, -0.15) is 51.0 Å². The Morgan fingerprint density at radius 1 is 0.846 bits per heavy atom. The van der Waals surface area contributed by atoms with E-state index < -0.39 is 24.2 Å². The van der Waals surface area contributed by atoms with Crippen molar-refractivity contribution in [1.82, 2.24) is 0 Å². The fourth-order valence-corrected chi connectivity index (χ4v) is 3.97. The van der Waals surface area contributed by atoms with Gasteiger partial charge in [0.15, 0.2) is 0 Å². The van der Waals surface area contributed by atoms with Gasteiger partial charge < -0.3 is 21.8 Å². The molecule has 0 heterocycles. The predicted molar refractivity (Wildman–Crippen MR) is 147 cm³/mol. The van der Waals surface area contributed by atoms with Crippen molar-refractivity contribution >= 4 is 6.08 Å². The van der Waals surface area contributed by atoms with E-state index in [9.17, 15) is 26.3 Å². The van der Waals surface area contributed by atoms with Gasteiger partial charge in [0.05, 0.1) is 0 Å². The molecule has 0 saturated carbocycles. The van der Waals surface area contributed by atoms with Gasteiger partial charge in [0, 0.05) is 31.3 Å². The van der Waals surface area contributed by atoms with Crippen LogP contribution in [0.4, 0.5) is 26.3 Å². The minimum atomic E-state index is -5.56. The predicted octanol–water partition coefficient (Wildman–Crippen LogP) is 10.5. The molecule has 0 saturated heterocycles. The van der Waals surface area contributed by atoms with Crippen LogP contribution in [-0.4, -0.2) is 12.4 Å². The van der Waals surface area contributed by atoms with Crippen LogP contribution in [-0.2, 0) is 36.7 Å². The number of hydrogen-bond acceptors (Lipinski definition) is 0. The van der Waals surface area contributed by atoms with Crippen LogP contribution in [0, 0.1) is 46.1 Å². The van der Waals surface area contributed by atoms with Gasteiger partial charge in [0.2, 0.25) is 0 Å². The van der Waals surface area contributed by atoms with Crippen molar-refractivity contribution in [2.24, 2.45) is 5.41 Å². The molecule has 0 atom stereocenters. The van der Waals surface area contributed by atoms with Crippen LogP contribution >= 0.6 is 0 Å². The first-order valence-electron chi connectivity index (χ1n) is 11.6. The maximum absolute atomic E-state index is 13.4. The van der Waals surface area contributed by atoms with Crippen molar-refractivity contribution in [3.63, 3.8) is 0 Å². The minimum Gasteiger partial charge on any atom is -0.358 e. The van der Waals surface area contributed by atoms with Crippen molar-refractivity contribution in [2.45, 2.75) is 78.1 Å². The van der Waals surface area contributed by atoms with Crippen molar-refractivity contribution in [1.29, 1.82) is 0 Å². The van der Waals surface area contributed by atoms with Gasteiger partial charge >= 0.3 is 12.4 Å². The fourth-order valence-electron chi connectivity index (χ4n) is 3.97. The van der Waals surface area contributed by atoms with Crippen molar-refractivity contribution in [2.75, 3.05) is 0 Å². The van der Waals surface area contributed by atoms with E-state index in [1.54, 1.807) is 24.3 Å². The zero-order valence-electron chi connectivity index (χ0n) is 24.4. The molecular formula is C32H40F6Hf-6. The quantitative estimate of drug-likeness (QED) is 0.125. The first-order chi connectivity index (χ1) is 16.1. The molecule has 220 valence electrons. The fraction of sp³-hybridized carbons (Fsp3) is 0.406. The summed E-state index contributed by atoms with van der Waals surface area (Å²) in [6.45, 7) is 20.6. The summed E-state index contributed by atoms with van der Waals surface area (Å²) >= 11 is 0. The number of rotatable bonds is 5. The van der Waals surface area contributed by atoms with Gasteiger partial charge in [0.25, 0.3) is 0 Å². The third kappa shape index (κ3) is 8.93. The molecule has 0 fully saturated rings. The largest absolute Gasteiger partial charge is 0.375 e. The van der Waals surface area contributed by atoms with E-state index in [0.29, 0.717) is 5.56 Å². The zero-order valence-corrected chi connectivity index (χ0v) is 28.0. The molecule has 39 heavy (non-hydrogen) atoms. The van der Waals surface area contributed by atoms with Gasteiger partial charge in [-0.15, -0.1) is 29.3 Å². The van der Waals surface area contributed by atoms with Crippen LogP contribution in [0.15, 0.2) is 36.4 Å². The van der Waals surface area contributed by atoms with Crippen LogP contribution in [0.5, 0.6) is 0 Å². The standard InChI is InChI=1S/C30H34F6.2CH3.Hf/c1-19(18-28(9,29(31,32)33)30(34,35)36)24-13-11-10-12-21(24)14-15-22-16-23(26(3,4)5)17-25(20(22)2)27(6,7)8;;;/h10-13,15-17H,2,9,18H2,1,3-8H3;2*1H3;/q-4;2*-1;. The molecule has 0 N–H and O–H groups in total. The molecular weight excluding hydrogens is 677 g/mol. The van der Waals surface area contributed by atoms with Crippen LogP contribution in [0.3, 0.4) is 0 Å². The maximum atomic E-state index is 13.4. The molecule has 0 aliphatic carbocycles. The molecule has 0 aliphatic rings. The normalized spacial score (nSPS) is 12.9. The molecule has 0 bridgehead atoms. The summed E-state index contributed by atoms with van der Waals surface area (Å²) < 4.78 is 80.6. The molecule has 0 aliphatic heterocycles. The van der Waals surface area contributed by atoms with Gasteiger partial charge in [-0.25, -0.2) is 18.1 Å². The average molecular weight is 717 g/mol. The van der Waals surface area contributed by atoms with Crippen molar-refractivity contribution in [3.8, 4) is 0 Å². The second-order valence-corrected chi connectivity index (χ2v) is 11.5. The molecule has 0 aromatic heterocycles. The summed E-state index contributed by atoms with van der Waals surface area (Å²) in [7, 11) is 0. The second-order valence-electron chi connectivity index (χ2n) is 11.5. The Hall–Kier alpha value is -1.63. The molecule has 2 rings (SSSR count). The van der Waals surface area contributed by atoms with Crippen LogP contribution in [0.25, 0.3) is 6.08 Å². The Morgan fingerprint density at radius 2 is 1.33 bits per heavy atom. The molecule has 2 aromatic carbocycles. The first-order valence-corrected chi connectivity index (χ1v) is 11.6. The Bertz CT molecular complexity index is 1080. The summed E-state index contributed by atoms with van der Waals surface area (Å²) in [5.74, 6) is -0.0789. The second kappa shape index (κ2) is 13.4. The molecule has 7 heteroatoms. The molecule has 0 spiro atoms. The van der Waals surface area contributed by atoms with E-state index in [-0.39, 0.29) is 63.0 Å². The van der Waals surface area contributed by atoms with Crippen LogP contribution in [0.1, 0.15) is 88.3 Å². The number of hydrogen-bond donors (Lipinski definition) is 0. The molecule has 2 aromatic rings. The van der Waals surface area contributed by atoms with Crippen molar-refractivity contribution in [3.05, 3.63) is 110 Å². The number of halogens is 6. The SMILES string of the molecule is [CH2-]c1c(C=[C-]c2ccccc2[C-](C)CC([CH2-])(C(F)(F)F)C(F)(F)F)cc(C(C)(C)C)cc1C(C)(C)C.[CH3-].[CH3-].[Hf]. The smallest absolute Gasteiger partial charge is 0.358 e. The monoisotopic (exact) mass is 718 g/mol. The van der Waals surface area contributed by atoms with E-state index in [2.05, 4.69) is 67.5 Å². The summed E-state index contributed by atoms with van der Waals surface area (Å²) in [6, 6.07) is 10.5. The Morgan fingerprint density at radius 3 is 1.77 bits per heavy atom. The molecule has 0 radical (unpaired) electrons. The Balaban J connectivity index is 0. The molecule has 0 unspecified atom stereocenters. The summed E-state index contributed by atoms with van der Waals surface area (Å²) in [6.07, 6.45) is -7.62. The first kappa shape index (κ1) is 39.5. The summed E-state index contributed by atoms with van der Waals surface area (Å²) in [4.78, 5) is 0. The van der Waals surface area contributed by atoms with E-state index in [1.807, 2.05) is 6.07 Å². The number of alkyl halides is 6. The van der Waals surface area contributed by atoms with Gasteiger partial charge in [-0.05, 0) is 5.41 Å². The van der Waals surface area contributed by atoms with Gasteiger partial charge in [-0.3, -0.25) is 11.1 Å². The van der Waals surface area contributed by atoms with Crippen LogP contribution in [0.2, 0.25) is 0 Å². The number of benzene rings is 2. The van der Waals surface area contributed by atoms with E-state index in [0.717, 1.165) is 22.3 Å².